The van der Waals surface area contributed by atoms with E-state index in [0.29, 0.717) is 21.8 Å². The van der Waals surface area contributed by atoms with Crippen LogP contribution in [0.25, 0.3) is 0 Å². The molecule has 6 nitrogen and oxygen atoms in total. The van der Waals surface area contributed by atoms with Gasteiger partial charge < -0.3 is 15.8 Å². The SMILES string of the molecule is CC1(C)Cc2cc(CNC(=O)CSc3nnc(N)s3)ccc2O1. The largest absolute Gasteiger partial charge is 0.487 e. The molecule has 0 unspecified atom stereocenters. The van der Waals surface area contributed by atoms with Crippen molar-refractivity contribution in [2.75, 3.05) is 11.5 Å². The van der Waals surface area contributed by atoms with Crippen LogP contribution in [0, 0.1) is 0 Å². The number of nitrogen functional groups attached to an aromatic ring is 1. The minimum atomic E-state index is -0.148. The number of aromatic nitrogens is 2. The molecule has 23 heavy (non-hydrogen) atoms. The van der Waals surface area contributed by atoms with Gasteiger partial charge in [-0.1, -0.05) is 35.2 Å². The van der Waals surface area contributed by atoms with Crippen molar-refractivity contribution in [3.8, 4) is 5.75 Å². The van der Waals surface area contributed by atoms with E-state index in [1.165, 1.54) is 28.7 Å². The van der Waals surface area contributed by atoms with Crippen molar-refractivity contribution in [2.24, 2.45) is 0 Å². The number of anilines is 1. The number of hydrogen-bond donors (Lipinski definition) is 2. The Bertz CT molecular complexity index is 730. The fourth-order valence-electron chi connectivity index (χ4n) is 2.43. The molecule has 0 saturated carbocycles. The Morgan fingerprint density at radius 1 is 1.48 bits per heavy atom. The fourth-order valence-corrected chi connectivity index (χ4v) is 3.90. The fraction of sp³-hybridized carbons (Fsp3) is 0.400. The van der Waals surface area contributed by atoms with E-state index in [1.54, 1.807) is 0 Å². The van der Waals surface area contributed by atoms with Gasteiger partial charge in [-0.25, -0.2) is 0 Å². The van der Waals surface area contributed by atoms with Gasteiger partial charge in [0, 0.05) is 13.0 Å². The Balaban J connectivity index is 1.50. The van der Waals surface area contributed by atoms with Gasteiger partial charge in [-0.3, -0.25) is 4.79 Å². The predicted octanol–water partition coefficient (Wildman–Crippen LogP) is 2.24. The summed E-state index contributed by atoms with van der Waals surface area (Å²) in [4.78, 5) is 11.9. The van der Waals surface area contributed by atoms with Crippen LogP contribution in [0.15, 0.2) is 22.5 Å². The van der Waals surface area contributed by atoms with Crippen molar-refractivity contribution in [3.05, 3.63) is 29.3 Å². The van der Waals surface area contributed by atoms with Gasteiger partial charge in [0.25, 0.3) is 0 Å². The molecule has 1 amide bonds. The van der Waals surface area contributed by atoms with Gasteiger partial charge in [0.2, 0.25) is 11.0 Å². The number of carbonyl (C=O) groups excluding carboxylic acids is 1. The number of nitrogens with zero attached hydrogens (tertiary/aromatic N) is 2. The lowest BCUT2D eigenvalue weighted by atomic mass is 10.0. The highest BCUT2D eigenvalue weighted by molar-refractivity contribution is 8.01. The summed E-state index contributed by atoms with van der Waals surface area (Å²) in [5.74, 6) is 1.20. The Labute approximate surface area is 142 Å². The number of benzene rings is 1. The highest BCUT2D eigenvalue weighted by atomic mass is 32.2. The summed E-state index contributed by atoms with van der Waals surface area (Å²) in [5.41, 5.74) is 7.62. The Morgan fingerprint density at radius 3 is 3.04 bits per heavy atom. The average Bonchev–Trinajstić information content (AvgIpc) is 3.03. The Hall–Kier alpha value is -1.80. The molecule has 8 heteroatoms. The van der Waals surface area contributed by atoms with Crippen LogP contribution in [-0.4, -0.2) is 27.5 Å². The van der Waals surface area contributed by atoms with Crippen molar-refractivity contribution in [1.29, 1.82) is 0 Å². The molecule has 0 spiro atoms. The molecule has 3 N–H and O–H groups in total. The number of ether oxygens (including phenoxy) is 1. The molecule has 122 valence electrons. The van der Waals surface area contributed by atoms with E-state index in [-0.39, 0.29) is 11.5 Å². The minimum absolute atomic E-state index is 0.0409. The second-order valence-corrected chi connectivity index (χ2v) is 8.18. The number of fused-ring (bicyclic) bond motifs is 1. The molecule has 1 aliphatic heterocycles. The van der Waals surface area contributed by atoms with Crippen LogP contribution in [0.1, 0.15) is 25.0 Å². The van der Waals surface area contributed by atoms with E-state index in [1.807, 2.05) is 12.1 Å². The van der Waals surface area contributed by atoms with Gasteiger partial charge in [-0.05, 0) is 31.0 Å². The first-order valence-electron chi connectivity index (χ1n) is 7.21. The number of nitrogens with one attached hydrogen (secondary N) is 1. The summed E-state index contributed by atoms with van der Waals surface area (Å²) in [6.07, 6.45) is 0.887. The lowest BCUT2D eigenvalue weighted by Crippen LogP contribution is -2.24. The van der Waals surface area contributed by atoms with E-state index in [9.17, 15) is 4.79 Å². The van der Waals surface area contributed by atoms with Crippen molar-refractivity contribution in [2.45, 2.75) is 36.8 Å². The van der Waals surface area contributed by atoms with Crippen molar-refractivity contribution in [3.63, 3.8) is 0 Å². The molecule has 0 aliphatic carbocycles. The summed E-state index contributed by atoms with van der Waals surface area (Å²) < 4.78 is 6.56. The van der Waals surface area contributed by atoms with Crippen LogP contribution in [-0.2, 0) is 17.8 Å². The zero-order valence-electron chi connectivity index (χ0n) is 13.0. The summed E-state index contributed by atoms with van der Waals surface area (Å²) in [6, 6.07) is 6.06. The van der Waals surface area contributed by atoms with Gasteiger partial charge in [-0.15, -0.1) is 10.2 Å². The molecule has 0 bridgehead atoms. The molecule has 1 aliphatic rings. The molecule has 2 aromatic rings. The highest BCUT2D eigenvalue weighted by Crippen LogP contribution is 2.35. The van der Waals surface area contributed by atoms with Crippen molar-refractivity contribution in [1.82, 2.24) is 15.5 Å². The van der Waals surface area contributed by atoms with Crippen LogP contribution >= 0.6 is 23.1 Å². The van der Waals surface area contributed by atoms with Crippen molar-refractivity contribution < 1.29 is 9.53 Å². The van der Waals surface area contributed by atoms with E-state index >= 15 is 0 Å². The molecule has 2 heterocycles. The van der Waals surface area contributed by atoms with Gasteiger partial charge in [0.15, 0.2) is 4.34 Å². The quantitative estimate of drug-likeness (QED) is 0.804. The standard InChI is InChI=1S/C15H18N4O2S2/c1-15(2)6-10-5-9(3-4-11(10)21-15)7-17-12(20)8-22-14-19-18-13(16)23-14/h3-5H,6-8H2,1-2H3,(H2,16,18)(H,17,20). The number of rotatable bonds is 5. The molecular formula is C15H18N4O2S2. The summed E-state index contributed by atoms with van der Waals surface area (Å²) in [7, 11) is 0. The third-order valence-corrected chi connectivity index (χ3v) is 5.25. The molecule has 1 aromatic heterocycles. The molecule has 3 rings (SSSR count). The molecule has 0 fully saturated rings. The lowest BCUT2D eigenvalue weighted by Gasteiger charge is -2.16. The van der Waals surface area contributed by atoms with Crippen LogP contribution in [0.4, 0.5) is 5.13 Å². The smallest absolute Gasteiger partial charge is 0.230 e. The van der Waals surface area contributed by atoms with Crippen LogP contribution in [0.2, 0.25) is 0 Å². The van der Waals surface area contributed by atoms with Gasteiger partial charge in [0.05, 0.1) is 5.75 Å². The Kier molecular flexibility index (Phi) is 4.45. The maximum atomic E-state index is 11.9. The second kappa shape index (κ2) is 6.37. The second-order valence-electron chi connectivity index (χ2n) is 5.95. The normalized spacial score (nSPS) is 15.0. The Morgan fingerprint density at radius 2 is 2.30 bits per heavy atom. The molecule has 0 radical (unpaired) electrons. The number of hydrogen-bond acceptors (Lipinski definition) is 7. The summed E-state index contributed by atoms with van der Waals surface area (Å²) in [5, 5.41) is 10.9. The number of nitrogens with two attached hydrogens (primary N) is 1. The van der Waals surface area contributed by atoms with Gasteiger partial charge in [-0.2, -0.15) is 0 Å². The van der Waals surface area contributed by atoms with E-state index in [0.717, 1.165) is 17.7 Å². The maximum absolute atomic E-state index is 11.9. The minimum Gasteiger partial charge on any atom is -0.487 e. The van der Waals surface area contributed by atoms with E-state index in [4.69, 9.17) is 10.5 Å². The first kappa shape index (κ1) is 16.1. The third-order valence-electron chi connectivity index (χ3n) is 3.37. The zero-order valence-corrected chi connectivity index (χ0v) is 14.6. The van der Waals surface area contributed by atoms with Gasteiger partial charge >= 0.3 is 0 Å². The van der Waals surface area contributed by atoms with E-state index in [2.05, 4.69) is 35.4 Å². The van der Waals surface area contributed by atoms with Crippen LogP contribution in [0.5, 0.6) is 5.75 Å². The maximum Gasteiger partial charge on any atom is 0.230 e. The van der Waals surface area contributed by atoms with Gasteiger partial charge in [0.1, 0.15) is 11.4 Å². The van der Waals surface area contributed by atoms with E-state index < -0.39 is 0 Å². The number of carbonyl (C=O) groups is 1. The zero-order chi connectivity index (χ0) is 16.4. The first-order valence-corrected chi connectivity index (χ1v) is 9.01. The van der Waals surface area contributed by atoms with Crippen LogP contribution < -0.4 is 15.8 Å². The predicted molar refractivity (Wildman–Crippen MR) is 91.7 cm³/mol. The number of amides is 1. The molecule has 1 aromatic carbocycles. The number of thioether (sulfide) groups is 1. The lowest BCUT2D eigenvalue weighted by molar-refractivity contribution is -0.118. The molecule has 0 atom stereocenters. The summed E-state index contributed by atoms with van der Waals surface area (Å²) in [6.45, 7) is 4.66. The molecular weight excluding hydrogens is 332 g/mol. The average molecular weight is 350 g/mol. The van der Waals surface area contributed by atoms with Crippen LogP contribution in [0.3, 0.4) is 0 Å². The third kappa shape index (κ3) is 4.14. The topological polar surface area (TPSA) is 90.1 Å². The monoisotopic (exact) mass is 350 g/mol. The summed E-state index contributed by atoms with van der Waals surface area (Å²) >= 11 is 2.62. The first-order chi connectivity index (χ1) is 10.9. The van der Waals surface area contributed by atoms with Crippen molar-refractivity contribution >= 4 is 34.1 Å². The molecule has 0 saturated heterocycles. The highest BCUT2D eigenvalue weighted by Gasteiger charge is 2.29.